The quantitative estimate of drug-likeness (QED) is 0.493. The molecule has 2 heterocycles. The molecule has 1 aliphatic carbocycles. The average molecular weight is 480 g/mol. The molecule has 1 aromatic carbocycles. The minimum absolute atomic E-state index is 0.217. The highest BCUT2D eigenvalue weighted by Gasteiger charge is 2.30. The Balaban J connectivity index is 1.79. The Morgan fingerprint density at radius 1 is 1.00 bits per heavy atom. The molecule has 4 rings (SSSR count). The van der Waals surface area contributed by atoms with Crippen molar-refractivity contribution in [3.63, 3.8) is 0 Å². The summed E-state index contributed by atoms with van der Waals surface area (Å²) in [4.78, 5) is 12.0. The summed E-state index contributed by atoms with van der Waals surface area (Å²) in [6.45, 7) is 9.79. The number of morpholine rings is 1. The van der Waals surface area contributed by atoms with Crippen LogP contribution in [0.4, 0.5) is 5.95 Å². The zero-order chi connectivity index (χ0) is 25.0. The van der Waals surface area contributed by atoms with E-state index >= 15 is 0 Å². The van der Waals surface area contributed by atoms with Gasteiger partial charge in [0.15, 0.2) is 11.5 Å². The number of hydrogen-bond acceptors (Lipinski definition) is 7. The van der Waals surface area contributed by atoms with Gasteiger partial charge in [-0.05, 0) is 49.5 Å². The van der Waals surface area contributed by atoms with Crippen LogP contribution in [0, 0.1) is 11.3 Å². The van der Waals surface area contributed by atoms with Crippen molar-refractivity contribution in [3.8, 4) is 28.5 Å². The molecule has 2 aromatic rings. The average Bonchev–Trinajstić information content (AvgIpc) is 2.87. The standard InChI is InChI=1S/C28H37N3O4/c1-19-8-7-11-28(2,3)22(19)10-9-21-18-23(30-27(29-21)31-12-14-35-15-13-31)20-16-24(32-4)26(34-6)25(17-20)33-5/h8-10,16-18,22H,7,11-15H2,1-6H3/b10-9+. The van der Waals surface area contributed by atoms with E-state index < -0.39 is 0 Å². The molecule has 1 saturated heterocycles. The monoisotopic (exact) mass is 479 g/mol. The maximum Gasteiger partial charge on any atom is 0.226 e. The minimum atomic E-state index is 0.217. The van der Waals surface area contributed by atoms with Crippen molar-refractivity contribution in [2.24, 2.45) is 11.3 Å². The van der Waals surface area contributed by atoms with E-state index in [1.54, 1.807) is 21.3 Å². The lowest BCUT2D eigenvalue weighted by molar-refractivity contribution is 0.122. The van der Waals surface area contributed by atoms with E-state index in [0.29, 0.717) is 42.3 Å². The number of nitrogens with zero attached hydrogens (tertiary/aromatic N) is 3. The number of benzene rings is 1. The second kappa shape index (κ2) is 10.7. The Labute approximate surface area is 208 Å². The molecule has 0 spiro atoms. The van der Waals surface area contributed by atoms with Crippen LogP contribution in [0.25, 0.3) is 17.3 Å². The van der Waals surface area contributed by atoms with Crippen molar-refractivity contribution in [2.45, 2.75) is 33.6 Å². The summed E-state index contributed by atoms with van der Waals surface area (Å²) in [5.41, 5.74) is 4.19. The molecular weight excluding hydrogens is 442 g/mol. The topological polar surface area (TPSA) is 65.9 Å². The van der Waals surface area contributed by atoms with Gasteiger partial charge in [0.05, 0.1) is 45.9 Å². The lowest BCUT2D eigenvalue weighted by Gasteiger charge is -2.36. The van der Waals surface area contributed by atoms with Crippen LogP contribution in [0.3, 0.4) is 0 Å². The largest absolute Gasteiger partial charge is 0.493 e. The summed E-state index contributed by atoms with van der Waals surface area (Å²) in [6.07, 6.45) is 9.13. The van der Waals surface area contributed by atoms with Gasteiger partial charge >= 0.3 is 0 Å². The van der Waals surface area contributed by atoms with Crippen LogP contribution >= 0.6 is 0 Å². The normalized spacial score (nSPS) is 20.0. The maximum absolute atomic E-state index is 5.58. The van der Waals surface area contributed by atoms with E-state index in [1.165, 1.54) is 12.0 Å². The van der Waals surface area contributed by atoms with Crippen molar-refractivity contribution in [1.82, 2.24) is 9.97 Å². The first kappa shape index (κ1) is 25.0. The van der Waals surface area contributed by atoms with Crippen molar-refractivity contribution in [3.05, 3.63) is 41.6 Å². The molecule has 1 atom stereocenters. The lowest BCUT2D eigenvalue weighted by Crippen LogP contribution is -2.37. The lowest BCUT2D eigenvalue weighted by atomic mass is 9.68. The number of aromatic nitrogens is 2. The predicted octanol–water partition coefficient (Wildman–Crippen LogP) is 5.40. The van der Waals surface area contributed by atoms with Gasteiger partial charge in [0.25, 0.3) is 0 Å². The van der Waals surface area contributed by atoms with Crippen molar-refractivity contribution < 1.29 is 18.9 Å². The van der Waals surface area contributed by atoms with Crippen molar-refractivity contribution in [1.29, 1.82) is 0 Å². The zero-order valence-corrected chi connectivity index (χ0v) is 21.8. The molecule has 0 bridgehead atoms. The molecule has 35 heavy (non-hydrogen) atoms. The van der Waals surface area contributed by atoms with Gasteiger partial charge < -0.3 is 23.8 Å². The maximum atomic E-state index is 5.58. The molecule has 1 unspecified atom stereocenters. The van der Waals surface area contributed by atoms with E-state index in [-0.39, 0.29) is 5.41 Å². The van der Waals surface area contributed by atoms with Crippen LogP contribution in [-0.2, 0) is 4.74 Å². The van der Waals surface area contributed by atoms with Gasteiger partial charge in [-0.25, -0.2) is 9.97 Å². The van der Waals surface area contributed by atoms with Crippen molar-refractivity contribution >= 4 is 12.0 Å². The highest BCUT2D eigenvalue weighted by molar-refractivity contribution is 5.71. The summed E-state index contributed by atoms with van der Waals surface area (Å²) < 4.78 is 22.2. The molecule has 1 fully saturated rings. The number of anilines is 1. The molecule has 7 nitrogen and oxygen atoms in total. The fourth-order valence-corrected chi connectivity index (χ4v) is 5.00. The summed E-state index contributed by atoms with van der Waals surface area (Å²) in [5.74, 6) is 2.82. The van der Waals surface area contributed by atoms with Crippen LogP contribution in [0.15, 0.2) is 35.9 Å². The summed E-state index contributed by atoms with van der Waals surface area (Å²) in [5, 5.41) is 0. The highest BCUT2D eigenvalue weighted by Crippen LogP contribution is 2.43. The van der Waals surface area contributed by atoms with Gasteiger partial charge in [-0.15, -0.1) is 0 Å². The molecule has 0 N–H and O–H groups in total. The smallest absolute Gasteiger partial charge is 0.226 e. The van der Waals surface area contributed by atoms with Gasteiger partial charge in [0.2, 0.25) is 11.7 Å². The van der Waals surface area contributed by atoms with E-state index in [0.717, 1.165) is 36.5 Å². The van der Waals surface area contributed by atoms with Gasteiger partial charge in [0.1, 0.15) is 0 Å². The fraction of sp³-hybridized carbons (Fsp3) is 0.500. The number of allylic oxidation sites excluding steroid dienone is 3. The SMILES string of the molecule is COc1cc(-c2cc(/C=C/C3C(C)=CCCC3(C)C)nc(N3CCOCC3)n2)cc(OC)c1OC. The summed E-state index contributed by atoms with van der Waals surface area (Å²) >= 11 is 0. The molecular formula is C28H37N3O4. The molecule has 1 aromatic heterocycles. The number of ether oxygens (including phenoxy) is 4. The Morgan fingerprint density at radius 3 is 2.29 bits per heavy atom. The Hall–Kier alpha value is -3.06. The molecule has 0 saturated carbocycles. The van der Waals surface area contributed by atoms with E-state index in [1.807, 2.05) is 18.2 Å². The predicted molar refractivity (Wildman–Crippen MR) is 139 cm³/mol. The van der Waals surface area contributed by atoms with Gasteiger partial charge in [-0.2, -0.15) is 0 Å². The van der Waals surface area contributed by atoms with Gasteiger partial charge in [0, 0.05) is 24.6 Å². The summed E-state index contributed by atoms with van der Waals surface area (Å²) in [7, 11) is 4.85. The molecule has 2 aliphatic rings. The first-order valence-corrected chi connectivity index (χ1v) is 12.2. The molecule has 0 radical (unpaired) electrons. The number of rotatable bonds is 7. The third-order valence-electron chi connectivity index (χ3n) is 7.04. The van der Waals surface area contributed by atoms with Crippen LogP contribution in [0.1, 0.15) is 39.3 Å². The summed E-state index contributed by atoms with van der Waals surface area (Å²) in [6, 6.07) is 5.88. The zero-order valence-electron chi connectivity index (χ0n) is 21.8. The third-order valence-corrected chi connectivity index (χ3v) is 7.04. The van der Waals surface area contributed by atoms with E-state index in [4.69, 9.17) is 28.9 Å². The van der Waals surface area contributed by atoms with Crippen LogP contribution in [0.2, 0.25) is 0 Å². The molecule has 0 amide bonds. The second-order valence-corrected chi connectivity index (χ2v) is 9.80. The van der Waals surface area contributed by atoms with Gasteiger partial charge in [-0.3, -0.25) is 0 Å². The van der Waals surface area contributed by atoms with Gasteiger partial charge in [-0.1, -0.05) is 31.6 Å². The molecule has 7 heteroatoms. The van der Waals surface area contributed by atoms with Crippen LogP contribution in [-0.4, -0.2) is 57.6 Å². The Kier molecular flexibility index (Phi) is 7.65. The van der Waals surface area contributed by atoms with Crippen LogP contribution in [0.5, 0.6) is 17.2 Å². The van der Waals surface area contributed by atoms with Crippen LogP contribution < -0.4 is 19.1 Å². The Bertz CT molecular complexity index is 1080. The first-order valence-electron chi connectivity index (χ1n) is 12.2. The minimum Gasteiger partial charge on any atom is -0.493 e. The highest BCUT2D eigenvalue weighted by atomic mass is 16.5. The van der Waals surface area contributed by atoms with Crippen molar-refractivity contribution in [2.75, 3.05) is 52.5 Å². The first-order chi connectivity index (χ1) is 16.9. The second-order valence-electron chi connectivity index (χ2n) is 9.80. The number of hydrogen-bond donors (Lipinski definition) is 0. The van der Waals surface area contributed by atoms with E-state index in [2.05, 4.69) is 43.9 Å². The fourth-order valence-electron chi connectivity index (χ4n) is 5.00. The Morgan fingerprint density at radius 2 is 1.69 bits per heavy atom. The third kappa shape index (κ3) is 5.45. The molecule has 1 aliphatic heterocycles. The number of methoxy groups -OCH3 is 3. The van der Waals surface area contributed by atoms with E-state index in [9.17, 15) is 0 Å². The molecule has 188 valence electrons.